The molecule has 124 valence electrons. The van der Waals surface area contributed by atoms with Gasteiger partial charge in [-0.05, 0) is 36.4 Å². The third-order valence-electron chi connectivity index (χ3n) is 3.53. The van der Waals surface area contributed by atoms with E-state index in [9.17, 15) is 22.4 Å². The number of carbonyl (C=O) groups is 1. The average Bonchev–Trinajstić information content (AvgIpc) is 2.92. The minimum atomic E-state index is -4.54. The van der Waals surface area contributed by atoms with Gasteiger partial charge in [0, 0.05) is 18.8 Å². The molecular weight excluding hydrogens is 326 g/mol. The third-order valence-corrected chi connectivity index (χ3v) is 3.53. The van der Waals surface area contributed by atoms with E-state index in [-0.39, 0.29) is 16.8 Å². The second kappa shape index (κ2) is 5.63. The van der Waals surface area contributed by atoms with E-state index in [2.05, 4.69) is 10.4 Å². The number of alkyl halides is 3. The number of fused-ring (bicyclic) bond motifs is 1. The average molecular weight is 337 g/mol. The molecule has 0 bridgehead atoms. The van der Waals surface area contributed by atoms with Crippen molar-refractivity contribution in [2.24, 2.45) is 0 Å². The first kappa shape index (κ1) is 16.0. The van der Waals surface area contributed by atoms with Crippen molar-refractivity contribution in [1.29, 1.82) is 0 Å². The maximum absolute atomic E-state index is 13.1. The predicted octanol–water partition coefficient (Wildman–Crippen LogP) is 3.52. The minimum Gasteiger partial charge on any atom is -0.355 e. The highest BCUT2D eigenvalue weighted by molar-refractivity contribution is 6.06. The lowest BCUT2D eigenvalue weighted by atomic mass is 10.1. The Hall–Kier alpha value is -2.90. The number of nitrogens with zero attached hydrogens (tertiary/aromatic N) is 2. The van der Waals surface area contributed by atoms with E-state index in [4.69, 9.17) is 0 Å². The summed E-state index contributed by atoms with van der Waals surface area (Å²) in [6.07, 6.45) is -3.40. The molecule has 0 unspecified atom stereocenters. The standard InChI is InChI=1S/C16H11F4N3O/c1-21-15(24)13-12-8-10(16(18,19)20)6-7-23(12)22-14(13)9-2-4-11(17)5-3-9/h2-8H,1H3,(H,21,24). The largest absolute Gasteiger partial charge is 0.416 e. The molecule has 0 radical (unpaired) electrons. The van der Waals surface area contributed by atoms with Crippen molar-refractivity contribution in [3.05, 3.63) is 59.5 Å². The van der Waals surface area contributed by atoms with Crippen molar-refractivity contribution < 1.29 is 22.4 Å². The maximum Gasteiger partial charge on any atom is 0.416 e. The first-order valence-electron chi connectivity index (χ1n) is 6.89. The number of amides is 1. The molecule has 0 fully saturated rings. The van der Waals surface area contributed by atoms with E-state index in [0.717, 1.165) is 18.3 Å². The normalized spacial score (nSPS) is 11.7. The van der Waals surface area contributed by atoms with Crippen LogP contribution in [0.1, 0.15) is 15.9 Å². The lowest BCUT2D eigenvalue weighted by Crippen LogP contribution is -2.18. The molecule has 1 aromatic carbocycles. The third kappa shape index (κ3) is 2.70. The first-order valence-corrected chi connectivity index (χ1v) is 6.89. The second-order valence-electron chi connectivity index (χ2n) is 5.05. The Morgan fingerprint density at radius 3 is 2.42 bits per heavy atom. The molecule has 8 heteroatoms. The zero-order valence-corrected chi connectivity index (χ0v) is 12.4. The van der Waals surface area contributed by atoms with Crippen molar-refractivity contribution in [2.75, 3.05) is 7.05 Å². The topological polar surface area (TPSA) is 46.4 Å². The van der Waals surface area contributed by atoms with E-state index in [1.54, 1.807) is 0 Å². The smallest absolute Gasteiger partial charge is 0.355 e. The number of benzene rings is 1. The van der Waals surface area contributed by atoms with Gasteiger partial charge in [0.15, 0.2) is 0 Å². The second-order valence-corrected chi connectivity index (χ2v) is 5.05. The fourth-order valence-electron chi connectivity index (χ4n) is 2.38. The monoisotopic (exact) mass is 337 g/mol. The van der Waals surface area contributed by atoms with Gasteiger partial charge in [0.25, 0.3) is 5.91 Å². The molecule has 4 nitrogen and oxygen atoms in total. The summed E-state index contributed by atoms with van der Waals surface area (Å²) >= 11 is 0. The summed E-state index contributed by atoms with van der Waals surface area (Å²) in [5.74, 6) is -1.05. The summed E-state index contributed by atoms with van der Waals surface area (Å²) in [6, 6.07) is 6.94. The van der Waals surface area contributed by atoms with E-state index >= 15 is 0 Å². The van der Waals surface area contributed by atoms with Crippen molar-refractivity contribution in [3.63, 3.8) is 0 Å². The summed E-state index contributed by atoms with van der Waals surface area (Å²) in [5, 5.41) is 6.56. The molecule has 3 aromatic rings. The fraction of sp³-hybridized carbons (Fsp3) is 0.125. The van der Waals surface area contributed by atoms with Gasteiger partial charge in [-0.1, -0.05) is 0 Å². The van der Waals surface area contributed by atoms with Crippen LogP contribution < -0.4 is 5.32 Å². The molecule has 0 aliphatic heterocycles. The molecule has 0 aliphatic carbocycles. The van der Waals surface area contributed by atoms with Crippen LogP contribution in [0.15, 0.2) is 42.6 Å². The number of halogens is 4. The lowest BCUT2D eigenvalue weighted by Gasteiger charge is -2.07. The highest BCUT2D eigenvalue weighted by Gasteiger charge is 2.32. The van der Waals surface area contributed by atoms with E-state index < -0.39 is 23.5 Å². The molecule has 24 heavy (non-hydrogen) atoms. The van der Waals surface area contributed by atoms with Crippen LogP contribution in [0.2, 0.25) is 0 Å². The van der Waals surface area contributed by atoms with Crippen LogP contribution in [-0.2, 0) is 6.18 Å². The van der Waals surface area contributed by atoms with Gasteiger partial charge in [-0.25, -0.2) is 8.91 Å². The SMILES string of the molecule is CNC(=O)c1c(-c2ccc(F)cc2)nn2ccc(C(F)(F)F)cc12. The molecule has 0 atom stereocenters. The summed E-state index contributed by atoms with van der Waals surface area (Å²) in [4.78, 5) is 12.2. The van der Waals surface area contributed by atoms with Crippen LogP contribution in [-0.4, -0.2) is 22.6 Å². The molecule has 0 saturated carbocycles. The Kier molecular flexibility index (Phi) is 3.75. The molecule has 0 aliphatic rings. The van der Waals surface area contributed by atoms with Gasteiger partial charge in [-0.2, -0.15) is 18.3 Å². The van der Waals surface area contributed by atoms with Crippen LogP contribution in [0.25, 0.3) is 16.8 Å². The molecular formula is C16H11F4N3O. The van der Waals surface area contributed by atoms with E-state index in [1.807, 2.05) is 0 Å². The summed E-state index contributed by atoms with van der Waals surface area (Å²) < 4.78 is 53.1. The summed E-state index contributed by atoms with van der Waals surface area (Å²) in [7, 11) is 1.37. The quantitative estimate of drug-likeness (QED) is 0.728. The molecule has 1 amide bonds. The van der Waals surface area contributed by atoms with Gasteiger partial charge in [0.1, 0.15) is 11.5 Å². The Balaban J connectivity index is 2.29. The summed E-state index contributed by atoms with van der Waals surface area (Å²) in [6.45, 7) is 0. The van der Waals surface area contributed by atoms with Gasteiger partial charge < -0.3 is 5.32 Å². The molecule has 1 N–H and O–H groups in total. The maximum atomic E-state index is 13.1. The molecule has 2 heterocycles. The number of hydrogen-bond acceptors (Lipinski definition) is 2. The van der Waals surface area contributed by atoms with Crippen LogP contribution >= 0.6 is 0 Å². The van der Waals surface area contributed by atoms with Crippen molar-refractivity contribution in [1.82, 2.24) is 14.9 Å². The molecule has 0 saturated heterocycles. The zero-order valence-electron chi connectivity index (χ0n) is 12.4. The first-order chi connectivity index (χ1) is 11.3. The molecule has 3 rings (SSSR count). The van der Waals surface area contributed by atoms with Crippen LogP contribution in [0.5, 0.6) is 0 Å². The number of aromatic nitrogens is 2. The number of carbonyl (C=O) groups excluding carboxylic acids is 1. The minimum absolute atomic E-state index is 0.00444. The van der Waals surface area contributed by atoms with Crippen LogP contribution in [0.4, 0.5) is 17.6 Å². The number of rotatable bonds is 2. The van der Waals surface area contributed by atoms with Gasteiger partial charge in [-0.15, -0.1) is 0 Å². The Labute approximate surface area is 133 Å². The predicted molar refractivity (Wildman–Crippen MR) is 79.0 cm³/mol. The summed E-state index contributed by atoms with van der Waals surface area (Å²) in [5.41, 5.74) is -0.273. The zero-order chi connectivity index (χ0) is 17.5. The highest BCUT2D eigenvalue weighted by atomic mass is 19.4. The van der Waals surface area contributed by atoms with Crippen LogP contribution in [0, 0.1) is 5.82 Å². The van der Waals surface area contributed by atoms with E-state index in [0.29, 0.717) is 5.56 Å². The van der Waals surface area contributed by atoms with E-state index in [1.165, 1.54) is 35.8 Å². The number of nitrogens with one attached hydrogen (secondary N) is 1. The Bertz CT molecular complexity index is 913. The van der Waals surface area contributed by atoms with Crippen LogP contribution in [0.3, 0.4) is 0 Å². The molecule has 0 spiro atoms. The Morgan fingerprint density at radius 1 is 1.17 bits per heavy atom. The van der Waals surface area contributed by atoms with Crippen molar-refractivity contribution in [3.8, 4) is 11.3 Å². The number of pyridine rings is 1. The lowest BCUT2D eigenvalue weighted by molar-refractivity contribution is -0.137. The van der Waals surface area contributed by atoms with Gasteiger partial charge in [0.05, 0.1) is 16.6 Å². The van der Waals surface area contributed by atoms with Crippen molar-refractivity contribution in [2.45, 2.75) is 6.18 Å². The van der Waals surface area contributed by atoms with Crippen molar-refractivity contribution >= 4 is 11.4 Å². The van der Waals surface area contributed by atoms with Gasteiger partial charge in [-0.3, -0.25) is 4.79 Å². The highest BCUT2D eigenvalue weighted by Crippen LogP contribution is 2.32. The fourth-order valence-corrected chi connectivity index (χ4v) is 2.38. The van der Waals surface area contributed by atoms with Gasteiger partial charge in [0.2, 0.25) is 0 Å². The molecule has 2 aromatic heterocycles. The Morgan fingerprint density at radius 2 is 1.83 bits per heavy atom. The number of hydrogen-bond donors (Lipinski definition) is 1. The van der Waals surface area contributed by atoms with Gasteiger partial charge >= 0.3 is 6.18 Å².